The van der Waals surface area contributed by atoms with Gasteiger partial charge in [-0.3, -0.25) is 0 Å². The summed E-state index contributed by atoms with van der Waals surface area (Å²) in [5, 5.41) is 48.4. The fourth-order valence-corrected chi connectivity index (χ4v) is 1.52. The van der Waals surface area contributed by atoms with E-state index in [2.05, 4.69) is 5.32 Å². The summed E-state index contributed by atoms with van der Waals surface area (Å²) in [6, 6.07) is 6.11. The highest BCUT2D eigenvalue weighted by Crippen LogP contribution is 2.15. The number of carboxylic acids is 1. The fraction of sp³-hybridized carbons (Fsp3) is 0.417. The quantitative estimate of drug-likeness (QED) is 0.370. The average molecular weight is 271 g/mol. The number of carbonyl (C=O) groups is 1. The summed E-state index contributed by atoms with van der Waals surface area (Å²) in [4.78, 5) is 10.9. The van der Waals surface area contributed by atoms with E-state index in [0.717, 1.165) is 0 Å². The second kappa shape index (κ2) is 7.05. The number of para-hydroxylation sites is 1. The number of anilines is 1. The van der Waals surface area contributed by atoms with Crippen molar-refractivity contribution < 1.29 is 30.3 Å². The molecule has 0 bridgehead atoms. The van der Waals surface area contributed by atoms with Gasteiger partial charge >= 0.3 is 5.97 Å². The summed E-state index contributed by atoms with van der Waals surface area (Å²) in [7, 11) is 0. The molecule has 1 rings (SSSR count). The molecule has 1 aromatic rings. The van der Waals surface area contributed by atoms with Gasteiger partial charge in [0.25, 0.3) is 0 Å². The highest BCUT2D eigenvalue weighted by Gasteiger charge is 2.24. The third kappa shape index (κ3) is 4.18. The Morgan fingerprint density at radius 3 is 2.37 bits per heavy atom. The Bertz CT molecular complexity index is 424. The lowest BCUT2D eigenvalue weighted by Gasteiger charge is -2.22. The molecule has 0 amide bonds. The van der Waals surface area contributed by atoms with E-state index in [0.29, 0.717) is 5.69 Å². The van der Waals surface area contributed by atoms with Gasteiger partial charge in [-0.15, -0.1) is 0 Å². The monoisotopic (exact) mass is 271 g/mol. The summed E-state index contributed by atoms with van der Waals surface area (Å²) in [5.41, 5.74) is 0.326. The van der Waals surface area contributed by atoms with Crippen molar-refractivity contribution in [1.82, 2.24) is 0 Å². The Morgan fingerprint density at radius 1 is 1.16 bits per heavy atom. The number of carboxylic acid groups (broad SMARTS) is 1. The van der Waals surface area contributed by atoms with Crippen LogP contribution in [-0.4, -0.2) is 63.0 Å². The Morgan fingerprint density at radius 2 is 1.79 bits per heavy atom. The molecular weight excluding hydrogens is 254 g/mol. The lowest BCUT2D eigenvalue weighted by atomic mass is 10.1. The summed E-state index contributed by atoms with van der Waals surface area (Å²) in [6.07, 6.45) is -4.31. The maximum absolute atomic E-state index is 10.9. The zero-order chi connectivity index (χ0) is 14.4. The first-order chi connectivity index (χ1) is 8.97. The van der Waals surface area contributed by atoms with Crippen LogP contribution in [-0.2, 0) is 0 Å². The minimum atomic E-state index is -1.52. The minimum Gasteiger partial charge on any atom is -0.478 e. The molecule has 7 heteroatoms. The maximum Gasteiger partial charge on any atom is 0.337 e. The summed E-state index contributed by atoms with van der Waals surface area (Å²) < 4.78 is 0. The highest BCUT2D eigenvalue weighted by molar-refractivity contribution is 5.94. The number of benzene rings is 1. The summed E-state index contributed by atoms with van der Waals surface area (Å²) >= 11 is 0. The van der Waals surface area contributed by atoms with Crippen molar-refractivity contribution in [1.29, 1.82) is 0 Å². The smallest absolute Gasteiger partial charge is 0.337 e. The van der Waals surface area contributed by atoms with Gasteiger partial charge in [-0.05, 0) is 12.1 Å². The lowest BCUT2D eigenvalue weighted by Crippen LogP contribution is -2.43. The van der Waals surface area contributed by atoms with Crippen molar-refractivity contribution in [2.45, 2.75) is 18.3 Å². The molecule has 0 saturated carbocycles. The van der Waals surface area contributed by atoms with Crippen molar-refractivity contribution in [3.05, 3.63) is 29.8 Å². The number of aliphatic hydroxyl groups excluding tert-OH is 4. The molecule has 0 saturated heterocycles. The first kappa shape index (κ1) is 15.4. The second-order valence-electron chi connectivity index (χ2n) is 4.04. The molecular formula is C12H17NO6. The molecule has 106 valence electrons. The van der Waals surface area contributed by atoms with E-state index < -0.39 is 30.9 Å². The molecule has 0 aliphatic carbocycles. The Labute approximate surface area is 109 Å². The van der Waals surface area contributed by atoms with Crippen molar-refractivity contribution in [3.8, 4) is 0 Å². The molecule has 0 aliphatic rings. The van der Waals surface area contributed by atoms with Crippen LogP contribution in [0.15, 0.2) is 24.3 Å². The van der Waals surface area contributed by atoms with Crippen LogP contribution >= 0.6 is 0 Å². The molecule has 0 aliphatic heterocycles. The number of hydrogen-bond acceptors (Lipinski definition) is 6. The average Bonchev–Trinajstić information content (AvgIpc) is 2.43. The van der Waals surface area contributed by atoms with Gasteiger partial charge < -0.3 is 30.8 Å². The van der Waals surface area contributed by atoms with Crippen molar-refractivity contribution in [2.24, 2.45) is 0 Å². The van der Waals surface area contributed by atoms with E-state index in [-0.39, 0.29) is 12.1 Å². The van der Waals surface area contributed by atoms with Gasteiger partial charge in [0.1, 0.15) is 12.2 Å². The van der Waals surface area contributed by atoms with Crippen LogP contribution in [0.2, 0.25) is 0 Å². The second-order valence-corrected chi connectivity index (χ2v) is 4.04. The van der Waals surface area contributed by atoms with Crippen LogP contribution in [0.1, 0.15) is 10.4 Å². The van der Waals surface area contributed by atoms with E-state index >= 15 is 0 Å². The standard InChI is InChI=1S/C12H17NO6/c14-6-10(16)11(17)9(15)5-13-8-4-2-1-3-7(8)12(18)19/h1-4,9-11,13-17H,5-6H2,(H,18,19)/t9-,10-,11+/m0/s1. The van der Waals surface area contributed by atoms with Crippen LogP contribution in [0.4, 0.5) is 5.69 Å². The normalized spacial score (nSPS) is 15.6. The van der Waals surface area contributed by atoms with Gasteiger partial charge in [-0.2, -0.15) is 0 Å². The molecule has 0 heterocycles. The lowest BCUT2D eigenvalue weighted by molar-refractivity contribution is -0.0715. The zero-order valence-corrected chi connectivity index (χ0v) is 10.1. The third-order valence-electron chi connectivity index (χ3n) is 2.63. The fourth-order valence-electron chi connectivity index (χ4n) is 1.52. The van der Waals surface area contributed by atoms with Crippen molar-refractivity contribution >= 4 is 11.7 Å². The molecule has 0 unspecified atom stereocenters. The highest BCUT2D eigenvalue weighted by atomic mass is 16.4. The first-order valence-corrected chi connectivity index (χ1v) is 5.68. The largest absolute Gasteiger partial charge is 0.478 e. The maximum atomic E-state index is 10.9. The Hall–Kier alpha value is -1.67. The molecule has 0 spiro atoms. The van der Waals surface area contributed by atoms with Crippen LogP contribution in [0.25, 0.3) is 0 Å². The van der Waals surface area contributed by atoms with E-state index in [1.807, 2.05) is 0 Å². The minimum absolute atomic E-state index is 0.0342. The van der Waals surface area contributed by atoms with E-state index in [4.69, 9.17) is 15.3 Å². The number of hydrogen-bond donors (Lipinski definition) is 6. The molecule has 0 fully saturated rings. The van der Waals surface area contributed by atoms with Crippen LogP contribution in [0.3, 0.4) is 0 Å². The van der Waals surface area contributed by atoms with Gasteiger partial charge in [0.2, 0.25) is 0 Å². The number of nitrogens with one attached hydrogen (secondary N) is 1. The molecule has 0 aromatic heterocycles. The number of aliphatic hydroxyl groups is 4. The number of aromatic carboxylic acids is 1. The van der Waals surface area contributed by atoms with Crippen LogP contribution in [0.5, 0.6) is 0 Å². The number of rotatable bonds is 7. The molecule has 1 aromatic carbocycles. The summed E-state index contributed by atoms with van der Waals surface area (Å²) in [5.74, 6) is -1.12. The molecule has 3 atom stereocenters. The van der Waals surface area contributed by atoms with Gasteiger partial charge in [-0.1, -0.05) is 12.1 Å². The topological polar surface area (TPSA) is 130 Å². The van der Waals surface area contributed by atoms with Crippen LogP contribution < -0.4 is 5.32 Å². The van der Waals surface area contributed by atoms with E-state index in [1.54, 1.807) is 12.1 Å². The summed E-state index contributed by atoms with van der Waals surface area (Å²) in [6.45, 7) is -0.841. The molecule has 7 nitrogen and oxygen atoms in total. The Kier molecular flexibility index (Phi) is 5.71. The molecule has 19 heavy (non-hydrogen) atoms. The predicted octanol–water partition coefficient (Wildman–Crippen LogP) is -1.13. The first-order valence-electron chi connectivity index (χ1n) is 5.68. The SMILES string of the molecule is O=C(O)c1ccccc1NC[C@H](O)[C@@H](O)[C@@H](O)CO. The van der Waals surface area contributed by atoms with Crippen molar-refractivity contribution in [2.75, 3.05) is 18.5 Å². The van der Waals surface area contributed by atoms with E-state index in [1.165, 1.54) is 12.1 Å². The van der Waals surface area contributed by atoms with Gasteiger partial charge in [0.15, 0.2) is 0 Å². The Balaban J connectivity index is 2.64. The zero-order valence-electron chi connectivity index (χ0n) is 10.1. The van der Waals surface area contributed by atoms with E-state index in [9.17, 15) is 15.0 Å². The van der Waals surface area contributed by atoms with Gasteiger partial charge in [0.05, 0.1) is 18.3 Å². The van der Waals surface area contributed by atoms with Gasteiger partial charge in [-0.25, -0.2) is 4.79 Å². The predicted molar refractivity (Wildman–Crippen MR) is 67.0 cm³/mol. The van der Waals surface area contributed by atoms with Crippen LogP contribution in [0, 0.1) is 0 Å². The van der Waals surface area contributed by atoms with Crippen molar-refractivity contribution in [3.63, 3.8) is 0 Å². The van der Waals surface area contributed by atoms with Gasteiger partial charge in [0, 0.05) is 12.2 Å². The molecule has 0 radical (unpaired) electrons. The molecule has 6 N–H and O–H groups in total. The third-order valence-corrected chi connectivity index (χ3v) is 2.63.